The molecule has 8 nitrogen and oxygen atoms in total. The molecule has 0 bridgehead atoms. The molecule has 0 spiro atoms. The lowest BCUT2D eigenvalue weighted by Gasteiger charge is -2.33. The van der Waals surface area contributed by atoms with Crippen molar-refractivity contribution >= 4 is 17.3 Å². The number of fused-ring (bicyclic) bond motifs is 1. The topological polar surface area (TPSA) is 95.8 Å². The van der Waals surface area contributed by atoms with E-state index >= 15 is 0 Å². The van der Waals surface area contributed by atoms with Gasteiger partial charge in [0.15, 0.2) is 17.4 Å². The van der Waals surface area contributed by atoms with Crippen molar-refractivity contribution < 1.29 is 36.6 Å². The van der Waals surface area contributed by atoms with Crippen molar-refractivity contribution in [1.82, 2.24) is 5.32 Å². The number of hydrogen-bond acceptors (Lipinski definition) is 7. The van der Waals surface area contributed by atoms with Gasteiger partial charge in [0.05, 0.1) is 24.5 Å². The summed E-state index contributed by atoms with van der Waals surface area (Å²) >= 11 is 0. The van der Waals surface area contributed by atoms with Crippen LogP contribution in [0.15, 0.2) is 0 Å². The van der Waals surface area contributed by atoms with E-state index in [1.165, 1.54) is 18.9 Å². The molecule has 12 heteroatoms. The van der Waals surface area contributed by atoms with Crippen molar-refractivity contribution in [2.24, 2.45) is 0 Å². The number of carbonyl (C=O) groups is 1. The van der Waals surface area contributed by atoms with Crippen LogP contribution in [-0.4, -0.2) is 57.2 Å². The number of nitrogens with one attached hydrogen (secondary N) is 2. The quantitative estimate of drug-likeness (QED) is 0.514. The first-order chi connectivity index (χ1) is 16.1. The van der Waals surface area contributed by atoms with Crippen LogP contribution in [0.25, 0.3) is 0 Å². The number of amides is 1. The van der Waals surface area contributed by atoms with Crippen LogP contribution in [0.4, 0.5) is 28.9 Å². The number of anilines is 2. The maximum absolute atomic E-state index is 15.0. The summed E-state index contributed by atoms with van der Waals surface area (Å²) in [5, 5.41) is 15.0. The molecular weight excluding hydrogens is 460 g/mol. The zero-order valence-corrected chi connectivity index (χ0v) is 19.2. The normalized spacial score (nSPS) is 22.7. The van der Waals surface area contributed by atoms with Gasteiger partial charge in [0.1, 0.15) is 23.9 Å². The number of ether oxygens (including phenoxy) is 3. The van der Waals surface area contributed by atoms with Crippen LogP contribution in [0.3, 0.4) is 0 Å². The summed E-state index contributed by atoms with van der Waals surface area (Å²) in [6, 6.07) is 1.54. The molecule has 2 atom stereocenters. The number of hydrogen-bond donors (Lipinski definition) is 2. The molecule has 2 aliphatic rings. The molecular formula is C22H28F4N4O4. The number of nitrogens with zero attached hydrogens (tertiary/aromatic N) is 2. The number of rotatable bonds is 9. The summed E-state index contributed by atoms with van der Waals surface area (Å²) in [4.78, 5) is 12.4. The van der Waals surface area contributed by atoms with E-state index in [9.17, 15) is 27.6 Å². The van der Waals surface area contributed by atoms with Crippen LogP contribution in [0.2, 0.25) is 0 Å². The molecule has 1 aromatic carbocycles. The highest BCUT2D eigenvalue weighted by atomic mass is 19.3. The van der Waals surface area contributed by atoms with Crippen molar-refractivity contribution in [2.45, 2.75) is 70.6 Å². The van der Waals surface area contributed by atoms with Gasteiger partial charge >= 0.3 is 0 Å². The number of halogens is 4. The molecule has 1 unspecified atom stereocenters. The standard InChI is InChI=1S/C22H28F4N4O4/c1-11(28-12(2)31)9-32-13-4-6-14(7-5-13)34-22-29-19-15(8-27)17(25)21(33-10-16(23)24)18(26)20(19)30(22)3/h11,13-14,16,22,29H,4-7,9-10H2,1-3H3,(H,28,31)/t11-,13-,14-,22?/m0/s1. The molecule has 34 heavy (non-hydrogen) atoms. The Hall–Kier alpha value is -2.78. The van der Waals surface area contributed by atoms with Crippen LogP contribution in [0, 0.1) is 23.0 Å². The lowest BCUT2D eigenvalue weighted by Crippen LogP contribution is -2.40. The van der Waals surface area contributed by atoms with Gasteiger partial charge in [-0.05, 0) is 32.6 Å². The molecule has 1 saturated carbocycles. The van der Waals surface area contributed by atoms with Crippen LogP contribution in [0.5, 0.6) is 5.75 Å². The summed E-state index contributed by atoms with van der Waals surface area (Å²) in [5.41, 5.74) is -0.835. The van der Waals surface area contributed by atoms with E-state index in [0.717, 1.165) is 12.8 Å². The maximum Gasteiger partial charge on any atom is 0.272 e. The average Bonchev–Trinajstić information content (AvgIpc) is 3.08. The first kappa shape index (κ1) is 25.8. The lowest BCUT2D eigenvalue weighted by atomic mass is 9.95. The van der Waals surface area contributed by atoms with Gasteiger partial charge < -0.3 is 29.7 Å². The molecule has 3 rings (SSSR count). The van der Waals surface area contributed by atoms with Crippen molar-refractivity contribution in [2.75, 3.05) is 30.5 Å². The van der Waals surface area contributed by atoms with E-state index in [-0.39, 0.29) is 35.5 Å². The third-order valence-electron chi connectivity index (χ3n) is 5.72. The minimum Gasteiger partial charge on any atom is -0.481 e. The third kappa shape index (κ3) is 5.82. The van der Waals surface area contributed by atoms with Gasteiger partial charge in [-0.15, -0.1) is 0 Å². The minimum atomic E-state index is -2.93. The largest absolute Gasteiger partial charge is 0.481 e. The Morgan fingerprint density at radius 2 is 1.85 bits per heavy atom. The van der Waals surface area contributed by atoms with E-state index in [4.69, 9.17) is 9.47 Å². The fourth-order valence-corrected chi connectivity index (χ4v) is 4.15. The Morgan fingerprint density at radius 1 is 1.21 bits per heavy atom. The van der Waals surface area contributed by atoms with E-state index in [1.54, 1.807) is 6.07 Å². The molecule has 1 aliphatic heterocycles. The minimum absolute atomic E-state index is 0.0220. The van der Waals surface area contributed by atoms with Gasteiger partial charge in [0, 0.05) is 20.0 Å². The highest BCUT2D eigenvalue weighted by Gasteiger charge is 2.38. The number of alkyl halides is 2. The summed E-state index contributed by atoms with van der Waals surface area (Å²) in [7, 11) is 1.49. The molecule has 188 valence electrons. The van der Waals surface area contributed by atoms with Crippen molar-refractivity contribution in [1.29, 1.82) is 5.26 Å². The third-order valence-corrected chi connectivity index (χ3v) is 5.72. The number of benzene rings is 1. The monoisotopic (exact) mass is 488 g/mol. The lowest BCUT2D eigenvalue weighted by molar-refractivity contribution is -0.120. The van der Waals surface area contributed by atoms with Crippen molar-refractivity contribution in [3.05, 3.63) is 17.2 Å². The van der Waals surface area contributed by atoms with Gasteiger partial charge in [-0.2, -0.15) is 5.26 Å². The molecule has 2 N–H and O–H groups in total. The summed E-state index contributed by atoms with van der Waals surface area (Å²) in [6.45, 7) is 2.50. The molecule has 0 saturated heterocycles. The second kappa shape index (κ2) is 11.1. The molecule has 1 fully saturated rings. The SMILES string of the molecule is CC(=O)N[C@@H](C)CO[C@H]1CC[C@H](OC2Nc3c(C#N)c(F)c(OCC(F)F)c(F)c3N2C)CC1. The zero-order valence-electron chi connectivity index (χ0n) is 19.2. The second-order valence-electron chi connectivity index (χ2n) is 8.45. The van der Waals surface area contributed by atoms with E-state index in [0.29, 0.717) is 19.4 Å². The summed E-state index contributed by atoms with van der Waals surface area (Å²) in [5.74, 6) is -3.66. The van der Waals surface area contributed by atoms with Gasteiger partial charge in [-0.1, -0.05) is 0 Å². The second-order valence-corrected chi connectivity index (χ2v) is 8.45. The first-order valence-corrected chi connectivity index (χ1v) is 11.0. The smallest absolute Gasteiger partial charge is 0.272 e. The molecule has 0 aromatic heterocycles. The Bertz CT molecular complexity index is 935. The van der Waals surface area contributed by atoms with Gasteiger partial charge in [0.2, 0.25) is 12.3 Å². The number of nitriles is 1. The van der Waals surface area contributed by atoms with Gasteiger partial charge in [0.25, 0.3) is 6.43 Å². The fraction of sp³-hybridized carbons (Fsp3) is 0.636. The summed E-state index contributed by atoms with van der Waals surface area (Å²) < 4.78 is 71.1. The Labute approximate surface area is 195 Å². The molecule has 1 aromatic rings. The highest BCUT2D eigenvalue weighted by Crippen LogP contribution is 2.45. The molecule has 0 radical (unpaired) electrons. The molecule has 1 heterocycles. The van der Waals surface area contributed by atoms with E-state index in [2.05, 4.69) is 15.4 Å². The van der Waals surface area contributed by atoms with Crippen LogP contribution >= 0.6 is 0 Å². The van der Waals surface area contributed by atoms with E-state index in [1.807, 2.05) is 6.92 Å². The highest BCUT2D eigenvalue weighted by molar-refractivity contribution is 5.83. The van der Waals surface area contributed by atoms with Crippen LogP contribution in [-0.2, 0) is 14.3 Å². The van der Waals surface area contributed by atoms with Crippen LogP contribution < -0.4 is 20.3 Å². The van der Waals surface area contributed by atoms with E-state index < -0.39 is 42.3 Å². The van der Waals surface area contributed by atoms with Gasteiger partial charge in [-0.3, -0.25) is 4.79 Å². The van der Waals surface area contributed by atoms with Gasteiger partial charge in [-0.25, -0.2) is 17.6 Å². The Morgan fingerprint density at radius 3 is 2.44 bits per heavy atom. The predicted molar refractivity (Wildman–Crippen MR) is 115 cm³/mol. The predicted octanol–water partition coefficient (Wildman–Crippen LogP) is 3.49. The first-order valence-electron chi connectivity index (χ1n) is 11.0. The summed E-state index contributed by atoms with van der Waals surface area (Å²) in [6.07, 6.45) is -1.24. The number of carbonyl (C=O) groups excluding carboxylic acids is 1. The van der Waals surface area contributed by atoms with Crippen molar-refractivity contribution in [3.63, 3.8) is 0 Å². The van der Waals surface area contributed by atoms with Crippen molar-refractivity contribution in [3.8, 4) is 11.8 Å². The maximum atomic E-state index is 15.0. The zero-order chi connectivity index (χ0) is 25.0. The Kier molecular flexibility index (Phi) is 8.43. The average molecular weight is 488 g/mol. The fourth-order valence-electron chi connectivity index (χ4n) is 4.15. The Balaban J connectivity index is 1.61. The molecule has 1 amide bonds. The van der Waals surface area contributed by atoms with Crippen LogP contribution in [0.1, 0.15) is 45.1 Å². The molecule has 1 aliphatic carbocycles.